The van der Waals surface area contributed by atoms with Gasteiger partial charge >= 0.3 is 0 Å². The summed E-state index contributed by atoms with van der Waals surface area (Å²) in [5.41, 5.74) is 3.04. The van der Waals surface area contributed by atoms with E-state index in [0.29, 0.717) is 6.54 Å². The Morgan fingerprint density at radius 1 is 1.14 bits per heavy atom. The molecule has 0 aliphatic carbocycles. The van der Waals surface area contributed by atoms with Crippen molar-refractivity contribution < 1.29 is 5.11 Å². The average Bonchev–Trinajstić information content (AvgIpc) is 2.93. The average molecular weight is 281 g/mol. The lowest BCUT2D eigenvalue weighted by Crippen LogP contribution is -2.00. The number of phenolic OH excluding ortho intramolecular Hbond substituents is 1. The van der Waals surface area contributed by atoms with Crippen molar-refractivity contribution in [2.75, 3.05) is 5.32 Å². The summed E-state index contributed by atoms with van der Waals surface area (Å²) >= 11 is 0. The first-order chi connectivity index (χ1) is 10.2. The van der Waals surface area contributed by atoms with Crippen LogP contribution in [-0.2, 0) is 13.6 Å². The Morgan fingerprint density at radius 2 is 1.95 bits per heavy atom. The van der Waals surface area contributed by atoms with E-state index in [0.717, 1.165) is 22.6 Å². The molecule has 0 saturated carbocycles. The number of aromatic nitrogens is 4. The highest BCUT2D eigenvalue weighted by Gasteiger charge is 2.06. The Labute approximate surface area is 122 Å². The molecule has 2 N–H and O–H groups in total. The molecule has 0 fully saturated rings. The molecule has 0 aliphatic rings. The number of aryl methyl sites for hydroxylation is 1. The first-order valence-electron chi connectivity index (χ1n) is 6.57. The number of aromatic hydroxyl groups is 1. The van der Waals surface area contributed by atoms with Gasteiger partial charge in [-0.15, -0.1) is 5.10 Å². The highest BCUT2D eigenvalue weighted by molar-refractivity contribution is 5.62. The van der Waals surface area contributed by atoms with E-state index < -0.39 is 0 Å². The summed E-state index contributed by atoms with van der Waals surface area (Å²) in [6, 6.07) is 15.1. The summed E-state index contributed by atoms with van der Waals surface area (Å²) in [5.74, 6) is 0.999. The smallest absolute Gasteiger partial charge is 0.181 e. The Balaban J connectivity index is 1.74. The fourth-order valence-electron chi connectivity index (χ4n) is 2.06. The van der Waals surface area contributed by atoms with Gasteiger partial charge in [0.1, 0.15) is 5.75 Å². The topological polar surface area (TPSA) is 75.9 Å². The molecule has 2 aromatic carbocycles. The zero-order valence-corrected chi connectivity index (χ0v) is 11.6. The largest absolute Gasteiger partial charge is 0.508 e. The molecular formula is C15H15N5O. The van der Waals surface area contributed by atoms with Gasteiger partial charge < -0.3 is 10.4 Å². The van der Waals surface area contributed by atoms with Crippen LogP contribution in [0, 0.1) is 0 Å². The number of phenols is 1. The van der Waals surface area contributed by atoms with Crippen LogP contribution in [0.3, 0.4) is 0 Å². The van der Waals surface area contributed by atoms with Crippen molar-refractivity contribution in [2.45, 2.75) is 6.54 Å². The number of nitrogens with zero attached hydrogens (tertiary/aromatic N) is 4. The number of rotatable bonds is 4. The van der Waals surface area contributed by atoms with Crippen LogP contribution in [0.25, 0.3) is 11.4 Å². The molecule has 0 atom stereocenters. The summed E-state index contributed by atoms with van der Waals surface area (Å²) < 4.78 is 1.64. The summed E-state index contributed by atoms with van der Waals surface area (Å²) in [5, 5.41) is 24.1. The maximum absolute atomic E-state index is 9.27. The molecule has 3 rings (SSSR count). The van der Waals surface area contributed by atoms with Gasteiger partial charge in [0.25, 0.3) is 0 Å². The van der Waals surface area contributed by atoms with E-state index in [1.807, 2.05) is 43.4 Å². The van der Waals surface area contributed by atoms with Crippen LogP contribution >= 0.6 is 0 Å². The molecule has 106 valence electrons. The maximum Gasteiger partial charge on any atom is 0.181 e. The van der Waals surface area contributed by atoms with Gasteiger partial charge in [-0.1, -0.05) is 24.3 Å². The SMILES string of the molecule is Cn1nnnc1-c1cccc(NCc2ccc(O)cc2)c1. The van der Waals surface area contributed by atoms with Gasteiger partial charge in [0.2, 0.25) is 0 Å². The van der Waals surface area contributed by atoms with Crippen molar-refractivity contribution in [1.29, 1.82) is 0 Å². The minimum absolute atomic E-state index is 0.274. The van der Waals surface area contributed by atoms with Gasteiger partial charge in [0.15, 0.2) is 5.82 Å². The number of benzene rings is 2. The summed E-state index contributed by atoms with van der Waals surface area (Å²) in [7, 11) is 1.81. The maximum atomic E-state index is 9.27. The number of tetrazole rings is 1. The zero-order chi connectivity index (χ0) is 14.7. The molecule has 0 unspecified atom stereocenters. The lowest BCUT2D eigenvalue weighted by molar-refractivity contribution is 0.475. The third kappa shape index (κ3) is 3.00. The Bertz CT molecular complexity index is 736. The molecular weight excluding hydrogens is 266 g/mol. The van der Waals surface area contributed by atoms with Gasteiger partial charge in [-0.2, -0.15) is 0 Å². The lowest BCUT2D eigenvalue weighted by atomic mass is 10.1. The minimum atomic E-state index is 0.274. The van der Waals surface area contributed by atoms with Crippen LogP contribution in [0.2, 0.25) is 0 Å². The minimum Gasteiger partial charge on any atom is -0.508 e. The third-order valence-corrected chi connectivity index (χ3v) is 3.17. The molecule has 3 aromatic rings. The van der Waals surface area contributed by atoms with Crippen molar-refractivity contribution in [2.24, 2.45) is 7.05 Å². The highest BCUT2D eigenvalue weighted by atomic mass is 16.3. The van der Waals surface area contributed by atoms with Crippen LogP contribution < -0.4 is 5.32 Å². The predicted octanol–water partition coefficient (Wildman–Crippen LogP) is 2.19. The van der Waals surface area contributed by atoms with E-state index >= 15 is 0 Å². The molecule has 0 spiro atoms. The number of hydrogen-bond donors (Lipinski definition) is 2. The van der Waals surface area contributed by atoms with Gasteiger partial charge in [-0.3, -0.25) is 0 Å². The molecule has 1 heterocycles. The molecule has 0 bridgehead atoms. The molecule has 1 aromatic heterocycles. The normalized spacial score (nSPS) is 10.5. The molecule has 0 radical (unpaired) electrons. The number of hydrogen-bond acceptors (Lipinski definition) is 5. The summed E-state index contributed by atoms with van der Waals surface area (Å²) in [4.78, 5) is 0. The predicted molar refractivity (Wildman–Crippen MR) is 79.7 cm³/mol. The van der Waals surface area contributed by atoms with Crippen molar-refractivity contribution in [3.63, 3.8) is 0 Å². The zero-order valence-electron chi connectivity index (χ0n) is 11.6. The lowest BCUT2D eigenvalue weighted by Gasteiger charge is -2.08. The second-order valence-corrected chi connectivity index (χ2v) is 4.73. The molecule has 0 aliphatic heterocycles. The van der Waals surface area contributed by atoms with Gasteiger partial charge in [-0.05, 0) is 40.3 Å². The van der Waals surface area contributed by atoms with E-state index in [2.05, 4.69) is 20.8 Å². The van der Waals surface area contributed by atoms with E-state index in [-0.39, 0.29) is 5.75 Å². The summed E-state index contributed by atoms with van der Waals surface area (Å²) in [6.45, 7) is 0.681. The van der Waals surface area contributed by atoms with Crippen LogP contribution in [0.15, 0.2) is 48.5 Å². The molecule has 6 heteroatoms. The number of anilines is 1. The fraction of sp³-hybridized carbons (Fsp3) is 0.133. The Kier molecular flexibility index (Phi) is 3.51. The second kappa shape index (κ2) is 5.62. The van der Waals surface area contributed by atoms with Crippen molar-refractivity contribution >= 4 is 5.69 Å². The van der Waals surface area contributed by atoms with Crippen LogP contribution in [0.4, 0.5) is 5.69 Å². The van der Waals surface area contributed by atoms with Gasteiger partial charge in [-0.25, -0.2) is 4.68 Å². The quantitative estimate of drug-likeness (QED) is 0.766. The van der Waals surface area contributed by atoms with E-state index in [4.69, 9.17) is 0 Å². The monoisotopic (exact) mass is 281 g/mol. The Hall–Kier alpha value is -2.89. The van der Waals surface area contributed by atoms with Gasteiger partial charge in [0, 0.05) is 24.8 Å². The van der Waals surface area contributed by atoms with Crippen LogP contribution in [0.5, 0.6) is 5.75 Å². The first-order valence-corrected chi connectivity index (χ1v) is 6.57. The second-order valence-electron chi connectivity index (χ2n) is 4.73. The fourth-order valence-corrected chi connectivity index (χ4v) is 2.06. The molecule has 21 heavy (non-hydrogen) atoms. The number of nitrogens with one attached hydrogen (secondary N) is 1. The molecule has 6 nitrogen and oxygen atoms in total. The third-order valence-electron chi connectivity index (χ3n) is 3.17. The van der Waals surface area contributed by atoms with E-state index in [1.165, 1.54) is 0 Å². The van der Waals surface area contributed by atoms with Crippen molar-refractivity contribution in [1.82, 2.24) is 20.2 Å². The Morgan fingerprint density at radius 3 is 2.67 bits per heavy atom. The van der Waals surface area contributed by atoms with E-state index in [1.54, 1.807) is 16.8 Å². The van der Waals surface area contributed by atoms with Crippen molar-refractivity contribution in [3.8, 4) is 17.1 Å². The van der Waals surface area contributed by atoms with E-state index in [9.17, 15) is 5.11 Å². The molecule has 0 amide bonds. The summed E-state index contributed by atoms with van der Waals surface area (Å²) in [6.07, 6.45) is 0. The van der Waals surface area contributed by atoms with Crippen LogP contribution in [-0.4, -0.2) is 25.3 Å². The van der Waals surface area contributed by atoms with Gasteiger partial charge in [0.05, 0.1) is 0 Å². The van der Waals surface area contributed by atoms with Crippen molar-refractivity contribution in [3.05, 3.63) is 54.1 Å². The van der Waals surface area contributed by atoms with Crippen LogP contribution in [0.1, 0.15) is 5.56 Å². The molecule has 0 saturated heterocycles. The highest BCUT2D eigenvalue weighted by Crippen LogP contribution is 2.20. The standard InChI is InChI=1S/C15H15N5O/c1-20-15(17-18-19-20)12-3-2-4-13(9-12)16-10-11-5-7-14(21)8-6-11/h2-9,16,21H,10H2,1H3. The first kappa shape index (κ1) is 13.1.